The van der Waals surface area contributed by atoms with E-state index in [0.29, 0.717) is 4.64 Å². The summed E-state index contributed by atoms with van der Waals surface area (Å²) in [4.78, 5) is 7.82. The zero-order valence-corrected chi connectivity index (χ0v) is 14.8. The van der Waals surface area contributed by atoms with E-state index in [9.17, 15) is 0 Å². The second-order valence-electron chi connectivity index (χ2n) is 4.45. The zero-order valence-electron chi connectivity index (χ0n) is 10.8. The molecule has 5 heteroatoms. The summed E-state index contributed by atoms with van der Waals surface area (Å²) >= 11 is 12.3. The summed E-state index contributed by atoms with van der Waals surface area (Å²) in [6, 6.07) is 18.0. The number of benzene rings is 2. The number of nitrogens with one attached hydrogen (secondary N) is 1. The van der Waals surface area contributed by atoms with Gasteiger partial charge < -0.3 is 4.98 Å². The van der Waals surface area contributed by atoms with Crippen molar-refractivity contribution in [3.63, 3.8) is 0 Å². The van der Waals surface area contributed by atoms with Crippen LogP contribution in [-0.4, -0.2) is 9.97 Å². The average molecular weight is 422 g/mol. The minimum atomic E-state index is 0.547. The molecule has 0 unspecified atom stereocenters. The third-order valence-corrected chi connectivity index (χ3v) is 4.90. The van der Waals surface area contributed by atoms with Gasteiger partial charge in [0.15, 0.2) is 0 Å². The Hall–Kier alpha value is -1.30. The van der Waals surface area contributed by atoms with Crippen LogP contribution < -0.4 is 0 Å². The molecule has 0 atom stereocenters. The van der Waals surface area contributed by atoms with Gasteiger partial charge in [0.05, 0.1) is 10.2 Å². The number of halogens is 2. The summed E-state index contributed by atoms with van der Waals surface area (Å²) in [6.07, 6.45) is 0. The zero-order chi connectivity index (χ0) is 14.8. The molecule has 3 aromatic rings. The van der Waals surface area contributed by atoms with Gasteiger partial charge in [-0.3, -0.25) is 0 Å². The van der Waals surface area contributed by atoms with Gasteiger partial charge in [-0.1, -0.05) is 70.6 Å². The first-order chi connectivity index (χ1) is 10.1. The second kappa shape index (κ2) is 6.22. The fourth-order valence-corrected chi connectivity index (χ4v) is 2.88. The van der Waals surface area contributed by atoms with Gasteiger partial charge in [0.25, 0.3) is 0 Å². The van der Waals surface area contributed by atoms with E-state index in [2.05, 4.69) is 41.8 Å². The first kappa shape index (κ1) is 14.6. The van der Waals surface area contributed by atoms with Crippen molar-refractivity contribution in [3.05, 3.63) is 68.2 Å². The van der Waals surface area contributed by atoms with Gasteiger partial charge in [-0.2, -0.15) is 0 Å². The second-order valence-corrected chi connectivity index (χ2v) is 6.55. The predicted octanol–water partition coefficient (Wildman–Crippen LogP) is 6.00. The molecule has 21 heavy (non-hydrogen) atoms. The number of hydrogen-bond acceptors (Lipinski definition) is 2. The maximum atomic E-state index is 5.37. The van der Waals surface area contributed by atoms with Crippen LogP contribution in [0.3, 0.4) is 0 Å². The number of aromatic nitrogens is 2. The van der Waals surface area contributed by atoms with Crippen LogP contribution in [0.15, 0.2) is 63.5 Å². The van der Waals surface area contributed by atoms with Crippen molar-refractivity contribution >= 4 is 44.1 Å². The first-order valence-corrected chi connectivity index (χ1v) is 8.26. The number of aromatic amines is 1. The molecule has 0 radical (unpaired) electrons. The SMILES string of the molecule is S=c1nc(-c2ccc(Br)cc2)[nH]c(-c2ccccc2)c1Br. The Balaban J connectivity index is 2.19. The topological polar surface area (TPSA) is 28.7 Å². The number of hydrogen-bond donors (Lipinski definition) is 1. The Morgan fingerprint density at radius 2 is 1.52 bits per heavy atom. The molecule has 2 aromatic carbocycles. The van der Waals surface area contributed by atoms with Gasteiger partial charge in [-0.25, -0.2) is 4.98 Å². The number of nitrogens with zero attached hydrogens (tertiary/aromatic N) is 1. The van der Waals surface area contributed by atoms with E-state index in [1.165, 1.54) is 0 Å². The fourth-order valence-electron chi connectivity index (χ4n) is 2.01. The lowest BCUT2D eigenvalue weighted by Crippen LogP contribution is -1.95. The summed E-state index contributed by atoms with van der Waals surface area (Å²) in [6.45, 7) is 0. The lowest BCUT2D eigenvalue weighted by molar-refractivity contribution is 1.15. The van der Waals surface area contributed by atoms with Crippen LogP contribution in [-0.2, 0) is 0 Å². The van der Waals surface area contributed by atoms with Crippen molar-refractivity contribution < 1.29 is 0 Å². The van der Waals surface area contributed by atoms with Crippen molar-refractivity contribution in [2.24, 2.45) is 0 Å². The molecular formula is C16H10Br2N2S. The fraction of sp³-hybridized carbons (Fsp3) is 0. The quantitative estimate of drug-likeness (QED) is 0.514. The van der Waals surface area contributed by atoms with E-state index in [1.807, 2.05) is 54.6 Å². The van der Waals surface area contributed by atoms with Crippen LogP contribution in [0.2, 0.25) is 0 Å². The van der Waals surface area contributed by atoms with Gasteiger partial charge in [-0.05, 0) is 33.6 Å². The third-order valence-electron chi connectivity index (χ3n) is 3.04. The highest BCUT2D eigenvalue weighted by molar-refractivity contribution is 9.10. The molecule has 0 aliphatic rings. The first-order valence-electron chi connectivity index (χ1n) is 6.26. The highest BCUT2D eigenvalue weighted by Gasteiger charge is 2.09. The largest absolute Gasteiger partial charge is 0.338 e. The summed E-state index contributed by atoms with van der Waals surface area (Å²) in [5.41, 5.74) is 3.00. The average Bonchev–Trinajstić information content (AvgIpc) is 2.51. The van der Waals surface area contributed by atoms with Crippen molar-refractivity contribution in [2.45, 2.75) is 0 Å². The van der Waals surface area contributed by atoms with Crippen LogP contribution in [0.1, 0.15) is 0 Å². The van der Waals surface area contributed by atoms with E-state index in [-0.39, 0.29) is 0 Å². The van der Waals surface area contributed by atoms with E-state index < -0.39 is 0 Å². The van der Waals surface area contributed by atoms with Crippen LogP contribution in [0.25, 0.3) is 22.6 Å². The van der Waals surface area contributed by atoms with Gasteiger partial charge in [0, 0.05) is 10.0 Å². The van der Waals surface area contributed by atoms with Crippen LogP contribution in [0.5, 0.6) is 0 Å². The lowest BCUT2D eigenvalue weighted by atomic mass is 10.1. The van der Waals surface area contributed by atoms with Crippen molar-refractivity contribution in [2.75, 3.05) is 0 Å². The molecule has 104 valence electrons. The molecule has 3 rings (SSSR count). The van der Waals surface area contributed by atoms with Crippen molar-refractivity contribution in [1.29, 1.82) is 0 Å². The molecule has 0 saturated heterocycles. The van der Waals surface area contributed by atoms with Gasteiger partial charge in [0.1, 0.15) is 10.5 Å². The maximum absolute atomic E-state index is 5.37. The molecule has 0 saturated carbocycles. The standard InChI is InChI=1S/C16H10Br2N2S/c17-12-8-6-11(7-9-12)15-19-14(13(18)16(21)20-15)10-4-2-1-3-5-10/h1-9H,(H,19,20,21). The molecule has 1 heterocycles. The number of H-pyrrole nitrogens is 1. The molecule has 1 N–H and O–H groups in total. The highest BCUT2D eigenvalue weighted by Crippen LogP contribution is 2.29. The minimum Gasteiger partial charge on any atom is -0.338 e. The van der Waals surface area contributed by atoms with Gasteiger partial charge in [-0.15, -0.1) is 0 Å². The highest BCUT2D eigenvalue weighted by atomic mass is 79.9. The monoisotopic (exact) mass is 420 g/mol. The van der Waals surface area contributed by atoms with Gasteiger partial charge in [0.2, 0.25) is 0 Å². The molecule has 0 aliphatic heterocycles. The summed E-state index contributed by atoms with van der Waals surface area (Å²) in [5, 5.41) is 0. The van der Waals surface area contributed by atoms with E-state index in [1.54, 1.807) is 0 Å². The smallest absolute Gasteiger partial charge is 0.144 e. The Bertz CT molecular complexity index is 827. The summed E-state index contributed by atoms with van der Waals surface area (Å²) in [7, 11) is 0. The lowest BCUT2D eigenvalue weighted by Gasteiger charge is -2.09. The molecule has 0 aliphatic carbocycles. The molecule has 1 aromatic heterocycles. The van der Waals surface area contributed by atoms with Gasteiger partial charge >= 0.3 is 0 Å². The maximum Gasteiger partial charge on any atom is 0.144 e. The van der Waals surface area contributed by atoms with E-state index >= 15 is 0 Å². The third kappa shape index (κ3) is 3.15. The van der Waals surface area contributed by atoms with Crippen LogP contribution in [0, 0.1) is 4.64 Å². The molecule has 2 nitrogen and oxygen atoms in total. The summed E-state index contributed by atoms with van der Waals surface area (Å²) < 4.78 is 2.39. The molecular weight excluding hydrogens is 412 g/mol. The Kier molecular flexibility index (Phi) is 4.33. The molecule has 0 spiro atoms. The van der Waals surface area contributed by atoms with Crippen LogP contribution in [0.4, 0.5) is 0 Å². The molecule has 0 fully saturated rings. The molecule has 0 bridgehead atoms. The number of rotatable bonds is 2. The van der Waals surface area contributed by atoms with Crippen LogP contribution >= 0.6 is 44.1 Å². The Morgan fingerprint density at radius 3 is 2.19 bits per heavy atom. The Morgan fingerprint density at radius 1 is 0.857 bits per heavy atom. The van der Waals surface area contributed by atoms with Crippen molar-refractivity contribution in [3.8, 4) is 22.6 Å². The van der Waals surface area contributed by atoms with E-state index in [4.69, 9.17) is 12.2 Å². The minimum absolute atomic E-state index is 0.547. The Labute approximate surface area is 144 Å². The van der Waals surface area contributed by atoms with Crippen molar-refractivity contribution in [1.82, 2.24) is 9.97 Å². The summed E-state index contributed by atoms with van der Waals surface area (Å²) in [5.74, 6) is 0.759. The predicted molar refractivity (Wildman–Crippen MR) is 95.7 cm³/mol. The normalized spacial score (nSPS) is 10.6. The van der Waals surface area contributed by atoms with E-state index in [0.717, 1.165) is 31.6 Å². The molecule has 0 amide bonds.